The van der Waals surface area contributed by atoms with Crippen molar-refractivity contribution in [1.29, 1.82) is 0 Å². The molecule has 4 rings (SSSR count). The molecule has 0 spiro atoms. The van der Waals surface area contributed by atoms with E-state index < -0.39 is 27.4 Å². The van der Waals surface area contributed by atoms with Crippen LogP contribution in [0.4, 0.5) is 5.69 Å². The summed E-state index contributed by atoms with van der Waals surface area (Å²) in [6.45, 7) is 2.21. The molecule has 2 aliphatic heterocycles. The fourth-order valence-corrected chi connectivity index (χ4v) is 5.74. The topological polar surface area (TPSA) is 84.0 Å². The molecule has 2 heterocycles. The molecule has 28 heavy (non-hydrogen) atoms. The average molecular weight is 400 g/mol. The number of carbonyl (C=O) groups excluding carboxylic acids is 2. The van der Waals surface area contributed by atoms with E-state index >= 15 is 0 Å². The molecule has 1 fully saturated rings. The summed E-state index contributed by atoms with van der Waals surface area (Å²) >= 11 is 0. The predicted molar refractivity (Wildman–Crippen MR) is 103 cm³/mol. The van der Waals surface area contributed by atoms with Crippen molar-refractivity contribution in [2.45, 2.75) is 25.3 Å². The van der Waals surface area contributed by atoms with E-state index in [4.69, 9.17) is 4.74 Å². The van der Waals surface area contributed by atoms with Gasteiger partial charge in [0.1, 0.15) is 12.4 Å². The van der Waals surface area contributed by atoms with Crippen molar-refractivity contribution in [3.63, 3.8) is 0 Å². The van der Waals surface area contributed by atoms with Crippen LogP contribution in [0.25, 0.3) is 0 Å². The summed E-state index contributed by atoms with van der Waals surface area (Å²) in [4.78, 5) is 24.7. The zero-order valence-electron chi connectivity index (χ0n) is 15.4. The Balaban J connectivity index is 1.65. The monoisotopic (exact) mass is 400 g/mol. The molecule has 0 unspecified atom stereocenters. The zero-order valence-corrected chi connectivity index (χ0v) is 16.2. The summed E-state index contributed by atoms with van der Waals surface area (Å²) in [7, 11) is -4.23. The SMILES string of the molecule is C[C@@]1(COc2ccccc2)CCCN1S(=O)(=O)N1C(=O)C(=O)c2ccccc21. The number of fused-ring (bicyclic) bond motifs is 1. The third-order valence-electron chi connectivity index (χ3n) is 5.23. The molecule has 0 saturated carbocycles. The van der Waals surface area contributed by atoms with Crippen molar-refractivity contribution in [2.24, 2.45) is 0 Å². The van der Waals surface area contributed by atoms with E-state index in [2.05, 4.69) is 0 Å². The maximum atomic E-state index is 13.4. The Morgan fingerprint density at radius 3 is 2.46 bits per heavy atom. The lowest BCUT2D eigenvalue weighted by molar-refractivity contribution is -0.113. The molecule has 146 valence electrons. The largest absolute Gasteiger partial charge is 0.492 e. The van der Waals surface area contributed by atoms with Crippen LogP contribution in [0, 0.1) is 0 Å². The molecule has 0 aromatic heterocycles. The minimum Gasteiger partial charge on any atom is -0.492 e. The molecular formula is C20H20N2O5S. The van der Waals surface area contributed by atoms with Crippen molar-refractivity contribution in [1.82, 2.24) is 4.31 Å². The second-order valence-electron chi connectivity index (χ2n) is 7.20. The van der Waals surface area contributed by atoms with Crippen LogP contribution in [0.15, 0.2) is 54.6 Å². The van der Waals surface area contributed by atoms with E-state index in [1.807, 2.05) is 18.2 Å². The number of carbonyl (C=O) groups is 2. The van der Waals surface area contributed by atoms with Gasteiger partial charge in [-0.15, -0.1) is 0 Å². The lowest BCUT2D eigenvalue weighted by Crippen LogP contribution is -2.55. The maximum absolute atomic E-state index is 13.4. The van der Waals surface area contributed by atoms with Crippen LogP contribution >= 0.6 is 0 Å². The third kappa shape index (κ3) is 2.89. The van der Waals surface area contributed by atoms with Gasteiger partial charge >= 0.3 is 16.1 Å². The second-order valence-corrected chi connectivity index (χ2v) is 8.90. The predicted octanol–water partition coefficient (Wildman–Crippen LogP) is 2.39. The van der Waals surface area contributed by atoms with Crippen molar-refractivity contribution in [3.8, 4) is 5.75 Å². The number of anilines is 1. The molecule has 7 nitrogen and oxygen atoms in total. The Hall–Kier alpha value is -2.71. The number of ketones is 1. The van der Waals surface area contributed by atoms with Gasteiger partial charge in [0, 0.05) is 6.54 Å². The van der Waals surface area contributed by atoms with E-state index in [9.17, 15) is 18.0 Å². The van der Waals surface area contributed by atoms with Gasteiger partial charge in [0.2, 0.25) is 0 Å². The smallest absolute Gasteiger partial charge is 0.314 e. The number of Topliss-reactive ketones (excluding diaryl/α,β-unsaturated/α-hetero) is 1. The van der Waals surface area contributed by atoms with E-state index in [1.165, 1.54) is 16.4 Å². The highest BCUT2D eigenvalue weighted by Gasteiger charge is 2.52. The van der Waals surface area contributed by atoms with Gasteiger partial charge < -0.3 is 4.74 Å². The quantitative estimate of drug-likeness (QED) is 0.720. The first kappa shape index (κ1) is 18.6. The molecule has 1 amide bonds. The highest BCUT2D eigenvalue weighted by molar-refractivity contribution is 7.91. The lowest BCUT2D eigenvalue weighted by atomic mass is 10.0. The Morgan fingerprint density at radius 1 is 1.04 bits per heavy atom. The van der Waals surface area contributed by atoms with Crippen LogP contribution in [0.5, 0.6) is 5.75 Å². The average Bonchev–Trinajstić information content (AvgIpc) is 3.21. The summed E-state index contributed by atoms with van der Waals surface area (Å²) in [5.74, 6) is -1.20. The van der Waals surface area contributed by atoms with Gasteiger partial charge in [-0.25, -0.2) is 0 Å². The van der Waals surface area contributed by atoms with Crippen LogP contribution in [-0.4, -0.2) is 43.1 Å². The number of nitrogens with zero attached hydrogens (tertiary/aromatic N) is 2. The Labute approximate surface area is 163 Å². The Bertz CT molecular complexity index is 1040. The van der Waals surface area contributed by atoms with Gasteiger partial charge in [-0.1, -0.05) is 30.3 Å². The van der Waals surface area contributed by atoms with Crippen molar-refractivity contribution in [3.05, 3.63) is 60.2 Å². The first-order chi connectivity index (χ1) is 13.3. The van der Waals surface area contributed by atoms with Gasteiger partial charge in [-0.2, -0.15) is 17.0 Å². The minimum absolute atomic E-state index is 0.107. The minimum atomic E-state index is -4.23. The molecule has 0 aliphatic carbocycles. The molecule has 1 saturated heterocycles. The summed E-state index contributed by atoms with van der Waals surface area (Å²) in [6, 6.07) is 15.3. The van der Waals surface area contributed by atoms with Crippen LogP contribution in [0.1, 0.15) is 30.1 Å². The summed E-state index contributed by atoms with van der Waals surface area (Å²) in [5, 5.41) is 0. The fourth-order valence-electron chi connectivity index (χ4n) is 3.78. The van der Waals surface area contributed by atoms with E-state index in [0.717, 1.165) is 0 Å². The van der Waals surface area contributed by atoms with Crippen LogP contribution < -0.4 is 9.04 Å². The highest BCUT2D eigenvalue weighted by Crippen LogP contribution is 2.38. The van der Waals surface area contributed by atoms with Crippen LogP contribution in [0.2, 0.25) is 0 Å². The number of hydrogen-bond acceptors (Lipinski definition) is 5. The maximum Gasteiger partial charge on any atom is 0.314 e. The zero-order chi connectivity index (χ0) is 19.9. The molecule has 2 aliphatic rings. The molecule has 8 heteroatoms. The fraction of sp³-hybridized carbons (Fsp3) is 0.300. The van der Waals surface area contributed by atoms with Crippen LogP contribution in [-0.2, 0) is 15.0 Å². The molecule has 0 bridgehead atoms. The van der Waals surface area contributed by atoms with Gasteiger partial charge in [-0.05, 0) is 44.0 Å². The summed E-state index contributed by atoms with van der Waals surface area (Å²) < 4.78 is 34.6. The Kier molecular flexibility index (Phi) is 4.47. The first-order valence-corrected chi connectivity index (χ1v) is 10.4. The molecule has 1 atom stereocenters. The highest BCUT2D eigenvalue weighted by atomic mass is 32.2. The van der Waals surface area contributed by atoms with E-state index in [1.54, 1.807) is 31.2 Å². The van der Waals surface area contributed by atoms with E-state index in [0.29, 0.717) is 22.9 Å². The molecule has 0 N–H and O–H groups in total. The number of amides is 1. The second kappa shape index (κ2) is 6.72. The van der Waals surface area contributed by atoms with Crippen molar-refractivity contribution < 1.29 is 22.7 Å². The first-order valence-electron chi connectivity index (χ1n) is 9.03. The molecule has 2 aromatic rings. The van der Waals surface area contributed by atoms with Crippen LogP contribution in [0.3, 0.4) is 0 Å². The van der Waals surface area contributed by atoms with Gasteiger partial charge in [-0.3, -0.25) is 9.59 Å². The molecule has 2 aromatic carbocycles. The summed E-state index contributed by atoms with van der Waals surface area (Å²) in [6.07, 6.45) is 1.24. The number of para-hydroxylation sites is 2. The molecular weight excluding hydrogens is 380 g/mol. The lowest BCUT2D eigenvalue weighted by Gasteiger charge is -2.36. The van der Waals surface area contributed by atoms with Crippen molar-refractivity contribution in [2.75, 3.05) is 17.5 Å². The van der Waals surface area contributed by atoms with Gasteiger partial charge in [0.25, 0.3) is 5.78 Å². The van der Waals surface area contributed by atoms with Gasteiger partial charge in [0.15, 0.2) is 0 Å². The number of benzene rings is 2. The normalized spacial score (nSPS) is 22.5. The standard InChI is InChI=1S/C20H20N2O5S/c1-20(14-27-15-8-3-2-4-9-15)12-7-13-21(20)28(25,26)22-17-11-6-5-10-16(17)18(23)19(22)24/h2-6,8-11H,7,12-14H2,1H3/t20-/m0/s1. The van der Waals surface area contributed by atoms with Crippen molar-refractivity contribution >= 4 is 27.6 Å². The third-order valence-corrected chi connectivity index (χ3v) is 7.23. The number of ether oxygens (including phenoxy) is 1. The van der Waals surface area contributed by atoms with E-state index in [-0.39, 0.29) is 24.4 Å². The number of rotatable bonds is 5. The summed E-state index contributed by atoms with van der Waals surface area (Å²) in [5.41, 5.74) is -0.608. The molecule has 0 radical (unpaired) electrons. The van der Waals surface area contributed by atoms with Gasteiger partial charge in [0.05, 0.1) is 16.8 Å². The Morgan fingerprint density at radius 2 is 1.71 bits per heavy atom. The number of hydrogen-bond donors (Lipinski definition) is 0.